The zero-order chi connectivity index (χ0) is 19.4. The highest BCUT2D eigenvalue weighted by atomic mass is 35.5. The summed E-state index contributed by atoms with van der Waals surface area (Å²) in [7, 11) is 0. The third kappa shape index (κ3) is 4.27. The molecule has 6 nitrogen and oxygen atoms in total. The first kappa shape index (κ1) is 19.3. The normalized spacial score (nSPS) is 16.0. The van der Waals surface area contributed by atoms with Gasteiger partial charge in [0.25, 0.3) is 11.8 Å². The van der Waals surface area contributed by atoms with Crippen LogP contribution in [0.3, 0.4) is 0 Å². The van der Waals surface area contributed by atoms with Crippen LogP contribution in [0.1, 0.15) is 22.0 Å². The molecule has 142 valence electrons. The maximum atomic E-state index is 13.2. The van der Waals surface area contributed by atoms with Crippen molar-refractivity contribution in [2.24, 2.45) is 0 Å². The van der Waals surface area contributed by atoms with Crippen LogP contribution in [-0.2, 0) is 4.79 Å². The minimum Gasteiger partial charge on any atom is -0.336 e. The van der Waals surface area contributed by atoms with E-state index >= 15 is 0 Å². The summed E-state index contributed by atoms with van der Waals surface area (Å²) in [6, 6.07) is 12.2. The van der Waals surface area contributed by atoms with E-state index in [-0.39, 0.29) is 16.5 Å². The molecular formula is C19H19ClFN3O3. The number of carbonyl (C=O) groups excluding carboxylic acids is 2. The molecule has 0 aliphatic carbocycles. The Bertz CT molecular complexity index is 826. The van der Waals surface area contributed by atoms with Gasteiger partial charge in [-0.05, 0) is 23.8 Å². The minimum absolute atomic E-state index is 0.0734. The molecule has 1 heterocycles. The Kier molecular flexibility index (Phi) is 6.05. The Morgan fingerprint density at radius 2 is 1.74 bits per heavy atom. The number of amides is 2. The predicted molar refractivity (Wildman–Crippen MR) is 98.0 cm³/mol. The summed E-state index contributed by atoms with van der Waals surface area (Å²) < 4.78 is 13.2. The van der Waals surface area contributed by atoms with Crippen LogP contribution in [0.2, 0.25) is 5.02 Å². The van der Waals surface area contributed by atoms with Gasteiger partial charge in [-0.1, -0.05) is 41.9 Å². The molecule has 1 fully saturated rings. The van der Waals surface area contributed by atoms with Gasteiger partial charge in [0.15, 0.2) is 0 Å². The quantitative estimate of drug-likeness (QED) is 0.620. The number of nitrogens with one attached hydrogen (secondary N) is 1. The molecule has 2 aromatic carbocycles. The second-order valence-corrected chi connectivity index (χ2v) is 6.65. The van der Waals surface area contributed by atoms with Crippen molar-refractivity contribution in [1.29, 1.82) is 0 Å². The molecule has 2 N–H and O–H groups in total. The van der Waals surface area contributed by atoms with Crippen LogP contribution in [-0.4, -0.2) is 53.0 Å². The van der Waals surface area contributed by atoms with Gasteiger partial charge in [-0.2, -0.15) is 0 Å². The molecule has 1 atom stereocenters. The molecule has 0 spiro atoms. The van der Waals surface area contributed by atoms with Crippen LogP contribution in [0.15, 0.2) is 48.5 Å². The second-order valence-electron chi connectivity index (χ2n) is 6.24. The van der Waals surface area contributed by atoms with E-state index < -0.39 is 17.8 Å². The fourth-order valence-electron chi connectivity index (χ4n) is 3.24. The number of benzene rings is 2. The predicted octanol–water partition coefficient (Wildman–Crippen LogP) is 2.48. The van der Waals surface area contributed by atoms with E-state index in [1.807, 2.05) is 35.2 Å². The van der Waals surface area contributed by atoms with Crippen molar-refractivity contribution in [1.82, 2.24) is 15.3 Å². The first-order chi connectivity index (χ1) is 13.0. The molecule has 1 aliphatic heterocycles. The molecule has 3 rings (SSSR count). The molecule has 0 bridgehead atoms. The van der Waals surface area contributed by atoms with Crippen molar-refractivity contribution >= 4 is 23.4 Å². The average Bonchev–Trinajstić information content (AvgIpc) is 2.69. The lowest BCUT2D eigenvalue weighted by Gasteiger charge is -2.38. The first-order valence-electron chi connectivity index (χ1n) is 8.48. The fourth-order valence-corrected chi connectivity index (χ4v) is 3.49. The number of rotatable bonds is 4. The molecule has 1 aliphatic rings. The third-order valence-corrected chi connectivity index (χ3v) is 4.91. The highest BCUT2D eigenvalue weighted by Gasteiger charge is 2.32. The molecule has 1 unspecified atom stereocenters. The Morgan fingerprint density at radius 3 is 2.33 bits per heavy atom. The molecule has 0 radical (unpaired) electrons. The fraction of sp³-hybridized carbons (Fsp3) is 0.263. The van der Waals surface area contributed by atoms with E-state index in [2.05, 4.69) is 0 Å². The van der Waals surface area contributed by atoms with Crippen molar-refractivity contribution in [3.05, 3.63) is 70.5 Å². The molecule has 2 amide bonds. The number of nitrogens with zero attached hydrogens (tertiary/aromatic N) is 2. The molecule has 2 aromatic rings. The highest BCUT2D eigenvalue weighted by Crippen LogP contribution is 2.24. The summed E-state index contributed by atoms with van der Waals surface area (Å²) >= 11 is 5.98. The zero-order valence-corrected chi connectivity index (χ0v) is 15.2. The van der Waals surface area contributed by atoms with Gasteiger partial charge < -0.3 is 4.90 Å². The summed E-state index contributed by atoms with van der Waals surface area (Å²) in [5.41, 5.74) is 2.72. The molecule has 1 saturated heterocycles. The van der Waals surface area contributed by atoms with Crippen LogP contribution >= 0.6 is 11.6 Å². The number of hydrogen-bond acceptors (Lipinski definition) is 4. The van der Waals surface area contributed by atoms with Crippen molar-refractivity contribution in [2.75, 3.05) is 26.2 Å². The van der Waals surface area contributed by atoms with Crippen LogP contribution < -0.4 is 5.48 Å². The van der Waals surface area contributed by atoms with Crippen LogP contribution in [0, 0.1) is 5.82 Å². The van der Waals surface area contributed by atoms with Gasteiger partial charge in [0, 0.05) is 26.2 Å². The molecule has 0 saturated carbocycles. The van der Waals surface area contributed by atoms with Crippen molar-refractivity contribution in [2.45, 2.75) is 6.04 Å². The summed E-state index contributed by atoms with van der Waals surface area (Å²) in [6.07, 6.45) is 0. The van der Waals surface area contributed by atoms with E-state index in [0.29, 0.717) is 26.2 Å². The van der Waals surface area contributed by atoms with Crippen LogP contribution in [0.4, 0.5) is 4.39 Å². The van der Waals surface area contributed by atoms with Crippen LogP contribution in [0.5, 0.6) is 0 Å². The van der Waals surface area contributed by atoms with E-state index in [1.165, 1.54) is 12.1 Å². The number of hydroxylamine groups is 1. The van der Waals surface area contributed by atoms with E-state index in [9.17, 15) is 14.0 Å². The van der Waals surface area contributed by atoms with Crippen LogP contribution in [0.25, 0.3) is 0 Å². The van der Waals surface area contributed by atoms with E-state index in [1.54, 1.807) is 10.4 Å². The second kappa shape index (κ2) is 8.47. The number of piperazine rings is 1. The maximum absolute atomic E-state index is 13.2. The minimum atomic E-state index is -0.650. The lowest BCUT2D eigenvalue weighted by Crippen LogP contribution is -2.52. The monoisotopic (exact) mass is 391 g/mol. The Hall–Kier alpha value is -2.48. The largest absolute Gasteiger partial charge is 0.336 e. The highest BCUT2D eigenvalue weighted by molar-refractivity contribution is 6.33. The Morgan fingerprint density at radius 1 is 1.07 bits per heavy atom. The summed E-state index contributed by atoms with van der Waals surface area (Å²) in [5, 5.41) is 9.18. The Labute approximate surface area is 161 Å². The topological polar surface area (TPSA) is 72.9 Å². The summed E-state index contributed by atoms with van der Waals surface area (Å²) in [4.78, 5) is 28.4. The van der Waals surface area contributed by atoms with Gasteiger partial charge in [0.05, 0.1) is 10.6 Å². The van der Waals surface area contributed by atoms with Gasteiger partial charge in [-0.25, -0.2) is 9.87 Å². The van der Waals surface area contributed by atoms with Gasteiger partial charge in [-0.3, -0.25) is 19.7 Å². The average molecular weight is 392 g/mol. The number of hydrogen-bond donors (Lipinski definition) is 2. The van der Waals surface area contributed by atoms with Gasteiger partial charge in [-0.15, -0.1) is 0 Å². The standard InChI is InChI=1S/C19H19ClFN3O3/c20-16-12-14(21)6-7-15(16)19(26)24-10-8-23(9-11-24)17(18(25)22-27)13-4-2-1-3-5-13/h1-7,12,17,27H,8-11H2,(H,22,25). The molecule has 27 heavy (non-hydrogen) atoms. The van der Waals surface area contributed by atoms with E-state index in [4.69, 9.17) is 16.8 Å². The summed E-state index contributed by atoms with van der Waals surface area (Å²) in [5.74, 6) is -1.30. The van der Waals surface area contributed by atoms with Gasteiger partial charge in [0.1, 0.15) is 11.9 Å². The molecule has 8 heteroatoms. The lowest BCUT2D eigenvalue weighted by molar-refractivity contribution is -0.135. The van der Waals surface area contributed by atoms with Gasteiger partial charge >= 0.3 is 0 Å². The summed E-state index contributed by atoms with van der Waals surface area (Å²) in [6.45, 7) is 1.65. The third-order valence-electron chi connectivity index (χ3n) is 4.60. The number of halogens is 2. The van der Waals surface area contributed by atoms with Crippen molar-refractivity contribution in [3.63, 3.8) is 0 Å². The number of carbonyl (C=O) groups is 2. The van der Waals surface area contributed by atoms with Gasteiger partial charge in [0.2, 0.25) is 0 Å². The zero-order valence-electron chi connectivity index (χ0n) is 14.4. The Balaban J connectivity index is 1.71. The SMILES string of the molecule is O=C(NO)C(c1ccccc1)N1CCN(C(=O)c2ccc(F)cc2Cl)CC1. The maximum Gasteiger partial charge on any atom is 0.265 e. The molecule has 0 aromatic heterocycles. The van der Waals surface area contributed by atoms with Crippen molar-refractivity contribution < 1.29 is 19.2 Å². The smallest absolute Gasteiger partial charge is 0.265 e. The van der Waals surface area contributed by atoms with E-state index in [0.717, 1.165) is 11.6 Å². The van der Waals surface area contributed by atoms with Crippen molar-refractivity contribution in [3.8, 4) is 0 Å². The first-order valence-corrected chi connectivity index (χ1v) is 8.86. The molecular weight excluding hydrogens is 373 g/mol. The lowest BCUT2D eigenvalue weighted by atomic mass is 10.0.